The fourth-order valence-electron chi connectivity index (χ4n) is 1.21. The maximum absolute atomic E-state index is 12.7. The molecule has 0 atom stereocenters. The molecule has 1 spiro atoms. The van der Waals surface area contributed by atoms with E-state index in [1.807, 2.05) is 0 Å². The highest BCUT2D eigenvalue weighted by Crippen LogP contribution is 2.45. The monoisotopic (exact) mass is 131 g/mol. The lowest BCUT2D eigenvalue weighted by Crippen LogP contribution is -2.39. The van der Waals surface area contributed by atoms with Crippen molar-refractivity contribution in [1.29, 1.82) is 0 Å². The molecule has 3 heteroatoms. The van der Waals surface area contributed by atoms with Gasteiger partial charge in [-0.25, -0.2) is 8.78 Å². The molecule has 1 saturated heterocycles. The summed E-state index contributed by atoms with van der Waals surface area (Å²) >= 11 is 0. The predicted octanol–water partition coefficient (Wildman–Crippen LogP) is 0.924. The lowest BCUT2D eigenvalue weighted by molar-refractivity contribution is -0.0118. The molecule has 1 heterocycles. The normalized spacial score (nSPS) is 33.6. The van der Waals surface area contributed by atoms with E-state index in [0.29, 0.717) is 6.54 Å². The number of hydrogen-bond acceptors (Lipinski definition) is 1. The van der Waals surface area contributed by atoms with Gasteiger partial charge in [0, 0.05) is 13.0 Å². The largest absolute Gasteiger partial charge is 0.299 e. The average molecular weight is 131 g/mol. The fourth-order valence-corrected chi connectivity index (χ4v) is 1.21. The molecule has 0 aromatic heterocycles. The van der Waals surface area contributed by atoms with Gasteiger partial charge in [0.25, 0.3) is 5.92 Å². The molecular weight excluding hydrogens is 124 g/mol. The molecular formula is C6H7F2N. The molecule has 1 fully saturated rings. The van der Waals surface area contributed by atoms with Gasteiger partial charge in [0.2, 0.25) is 0 Å². The van der Waals surface area contributed by atoms with E-state index >= 15 is 0 Å². The van der Waals surface area contributed by atoms with Crippen molar-refractivity contribution in [1.82, 2.24) is 5.32 Å². The molecule has 0 radical (unpaired) electrons. The van der Waals surface area contributed by atoms with Crippen molar-refractivity contribution in [3.8, 4) is 0 Å². The second-order valence-corrected chi connectivity index (χ2v) is 2.58. The zero-order valence-corrected chi connectivity index (χ0v) is 4.82. The van der Waals surface area contributed by atoms with Gasteiger partial charge < -0.3 is 0 Å². The Morgan fingerprint density at radius 1 is 1.33 bits per heavy atom. The van der Waals surface area contributed by atoms with Gasteiger partial charge in [-0.1, -0.05) is 12.2 Å². The fraction of sp³-hybridized carbons (Fsp3) is 0.667. The SMILES string of the molecule is FC1(F)CCNC12C=C2. The second kappa shape index (κ2) is 1.19. The van der Waals surface area contributed by atoms with Crippen LogP contribution in [0.25, 0.3) is 0 Å². The molecule has 0 aromatic rings. The van der Waals surface area contributed by atoms with E-state index in [0.717, 1.165) is 0 Å². The maximum Gasteiger partial charge on any atom is 0.274 e. The Morgan fingerprint density at radius 2 is 2.00 bits per heavy atom. The number of alkyl halides is 2. The third kappa shape index (κ3) is 0.503. The van der Waals surface area contributed by atoms with Crippen LogP contribution in [0, 0.1) is 0 Å². The van der Waals surface area contributed by atoms with Gasteiger partial charge in [0.1, 0.15) is 5.54 Å². The van der Waals surface area contributed by atoms with Crippen LogP contribution in [0.3, 0.4) is 0 Å². The highest BCUT2D eigenvalue weighted by Gasteiger charge is 2.59. The Hall–Kier alpha value is -0.440. The minimum absolute atomic E-state index is 0.0278. The summed E-state index contributed by atoms with van der Waals surface area (Å²) in [4.78, 5) is 0. The van der Waals surface area contributed by atoms with Gasteiger partial charge in [0.05, 0.1) is 0 Å². The van der Waals surface area contributed by atoms with E-state index in [1.165, 1.54) is 12.2 Å². The Labute approximate surface area is 51.7 Å². The van der Waals surface area contributed by atoms with Crippen molar-refractivity contribution in [2.24, 2.45) is 0 Å². The van der Waals surface area contributed by atoms with Crippen LogP contribution in [0.4, 0.5) is 8.78 Å². The topological polar surface area (TPSA) is 12.0 Å². The van der Waals surface area contributed by atoms with Crippen LogP contribution in [0.2, 0.25) is 0 Å². The molecule has 1 N–H and O–H groups in total. The molecule has 50 valence electrons. The molecule has 2 aliphatic rings. The van der Waals surface area contributed by atoms with E-state index in [2.05, 4.69) is 5.32 Å². The molecule has 1 nitrogen and oxygen atoms in total. The minimum atomic E-state index is -2.52. The van der Waals surface area contributed by atoms with Gasteiger partial charge in [0.15, 0.2) is 0 Å². The van der Waals surface area contributed by atoms with Gasteiger partial charge in [-0.3, -0.25) is 5.32 Å². The third-order valence-corrected chi connectivity index (χ3v) is 1.96. The summed E-state index contributed by atoms with van der Waals surface area (Å²) in [6.07, 6.45) is 3.03. The summed E-state index contributed by atoms with van der Waals surface area (Å²) in [7, 11) is 0. The summed E-state index contributed by atoms with van der Waals surface area (Å²) in [6.45, 7) is 0.431. The standard InChI is InChI=1S/C6H7F2N/c7-6(8)3-4-9-5(6)1-2-5/h1-2,9H,3-4H2. The van der Waals surface area contributed by atoms with Gasteiger partial charge in [-0.2, -0.15) is 0 Å². The summed E-state index contributed by atoms with van der Waals surface area (Å²) in [5.41, 5.74) is -0.993. The van der Waals surface area contributed by atoms with E-state index in [4.69, 9.17) is 0 Å². The summed E-state index contributed by atoms with van der Waals surface area (Å²) in [6, 6.07) is 0. The zero-order valence-electron chi connectivity index (χ0n) is 4.82. The van der Waals surface area contributed by atoms with Crippen molar-refractivity contribution in [2.45, 2.75) is 17.9 Å². The zero-order chi connectivity index (χ0) is 6.54. The quantitative estimate of drug-likeness (QED) is 0.482. The van der Waals surface area contributed by atoms with Crippen LogP contribution >= 0.6 is 0 Å². The first kappa shape index (κ1) is 5.35. The number of nitrogens with one attached hydrogen (secondary N) is 1. The minimum Gasteiger partial charge on any atom is -0.299 e. The van der Waals surface area contributed by atoms with Gasteiger partial charge >= 0.3 is 0 Å². The second-order valence-electron chi connectivity index (χ2n) is 2.58. The van der Waals surface area contributed by atoms with E-state index < -0.39 is 11.5 Å². The van der Waals surface area contributed by atoms with Gasteiger partial charge in [-0.15, -0.1) is 0 Å². The average Bonchev–Trinajstić information content (AvgIpc) is 2.41. The number of hydrogen-bond donors (Lipinski definition) is 1. The molecule has 1 aliphatic carbocycles. The first-order valence-electron chi connectivity index (χ1n) is 3.00. The smallest absolute Gasteiger partial charge is 0.274 e. The first-order valence-corrected chi connectivity index (χ1v) is 3.00. The highest BCUT2D eigenvalue weighted by atomic mass is 19.3. The highest BCUT2D eigenvalue weighted by molar-refractivity contribution is 5.40. The van der Waals surface area contributed by atoms with Crippen LogP contribution in [-0.2, 0) is 0 Å². The first-order chi connectivity index (χ1) is 4.16. The summed E-state index contributed by atoms with van der Waals surface area (Å²) in [5, 5.41) is 2.74. The molecule has 0 bridgehead atoms. The molecule has 9 heavy (non-hydrogen) atoms. The van der Waals surface area contributed by atoms with Crippen LogP contribution in [0.15, 0.2) is 12.2 Å². The summed E-state index contributed by atoms with van der Waals surface area (Å²) < 4.78 is 25.3. The summed E-state index contributed by atoms with van der Waals surface area (Å²) in [5.74, 6) is -2.52. The van der Waals surface area contributed by atoms with Crippen molar-refractivity contribution >= 4 is 0 Å². The molecule has 2 rings (SSSR count). The molecule has 0 aromatic carbocycles. The molecule has 1 aliphatic heterocycles. The lowest BCUT2D eigenvalue weighted by Gasteiger charge is -2.17. The van der Waals surface area contributed by atoms with Crippen molar-refractivity contribution in [2.75, 3.05) is 6.54 Å². The Balaban J connectivity index is 2.24. The Bertz CT molecular complexity index is 164. The van der Waals surface area contributed by atoms with Crippen LogP contribution in [-0.4, -0.2) is 18.0 Å². The van der Waals surface area contributed by atoms with E-state index in [9.17, 15) is 8.78 Å². The van der Waals surface area contributed by atoms with E-state index in [-0.39, 0.29) is 6.42 Å². The number of halogens is 2. The molecule has 0 amide bonds. The van der Waals surface area contributed by atoms with Gasteiger partial charge in [-0.05, 0) is 0 Å². The molecule has 0 saturated carbocycles. The predicted molar refractivity (Wildman–Crippen MR) is 29.4 cm³/mol. The maximum atomic E-state index is 12.7. The number of rotatable bonds is 0. The van der Waals surface area contributed by atoms with Crippen LogP contribution < -0.4 is 5.32 Å². The van der Waals surface area contributed by atoms with E-state index in [1.54, 1.807) is 0 Å². The third-order valence-electron chi connectivity index (χ3n) is 1.96. The Kier molecular flexibility index (Phi) is 0.706. The van der Waals surface area contributed by atoms with Crippen LogP contribution in [0.5, 0.6) is 0 Å². The Morgan fingerprint density at radius 3 is 2.22 bits per heavy atom. The van der Waals surface area contributed by atoms with Crippen molar-refractivity contribution < 1.29 is 8.78 Å². The molecule has 0 unspecified atom stereocenters. The van der Waals surface area contributed by atoms with Crippen molar-refractivity contribution in [3.05, 3.63) is 12.2 Å². The van der Waals surface area contributed by atoms with Crippen LogP contribution in [0.1, 0.15) is 6.42 Å². The van der Waals surface area contributed by atoms with Crippen molar-refractivity contribution in [3.63, 3.8) is 0 Å². The lowest BCUT2D eigenvalue weighted by atomic mass is 10.1.